The summed E-state index contributed by atoms with van der Waals surface area (Å²) in [6.07, 6.45) is 0. The second-order valence-electron chi connectivity index (χ2n) is 3.31. The van der Waals surface area contributed by atoms with Crippen LogP contribution in [0, 0.1) is 0 Å². The summed E-state index contributed by atoms with van der Waals surface area (Å²) in [6.45, 7) is 0. The van der Waals surface area contributed by atoms with Gasteiger partial charge in [0, 0.05) is 0 Å². The molecule has 1 aromatic rings. The third-order valence-corrected chi connectivity index (χ3v) is 3.09. The van der Waals surface area contributed by atoms with E-state index < -0.39 is 32.4 Å². The van der Waals surface area contributed by atoms with Crippen molar-refractivity contribution in [2.45, 2.75) is 0 Å². The Hall–Kier alpha value is -0.990. The maximum absolute atomic E-state index is 11.4. The van der Waals surface area contributed by atoms with Crippen molar-refractivity contribution in [2.24, 2.45) is 0 Å². The Morgan fingerprint density at radius 2 is 1.56 bits per heavy atom. The Balaban J connectivity index is 0.00000162. The van der Waals surface area contributed by atoms with E-state index in [1.807, 2.05) is 0 Å². The second-order valence-corrected chi connectivity index (χ2v) is 4.62. The zero-order valence-corrected chi connectivity index (χ0v) is 12.2. The van der Waals surface area contributed by atoms with Crippen molar-refractivity contribution in [2.75, 3.05) is 0 Å². The van der Waals surface area contributed by atoms with Gasteiger partial charge in [0.05, 0.1) is 5.57 Å². The Morgan fingerprint density at radius 3 is 2.06 bits per heavy atom. The maximum atomic E-state index is 11.4. The Labute approximate surface area is 125 Å². The first-order valence-electron chi connectivity index (χ1n) is 4.52. The van der Waals surface area contributed by atoms with Gasteiger partial charge < -0.3 is 4.55 Å². The molecule has 2 rings (SSSR count). The number of hydrogen-bond acceptors (Lipinski definition) is 5. The number of benzene rings is 1. The van der Waals surface area contributed by atoms with Crippen molar-refractivity contribution in [3.8, 4) is 0 Å². The first-order valence-corrected chi connectivity index (χ1v) is 5.93. The van der Waals surface area contributed by atoms with Crippen molar-refractivity contribution in [1.82, 2.24) is 5.32 Å². The minimum atomic E-state index is -4.99. The van der Waals surface area contributed by atoms with E-state index in [4.69, 9.17) is 0 Å². The van der Waals surface area contributed by atoms with Crippen molar-refractivity contribution in [3.05, 3.63) is 40.8 Å². The summed E-state index contributed by atoms with van der Waals surface area (Å²) in [5.74, 6) is -2.06. The molecule has 1 aromatic carbocycles. The molecule has 1 aliphatic rings. The van der Waals surface area contributed by atoms with Crippen LogP contribution in [0.1, 0.15) is 5.56 Å². The van der Waals surface area contributed by atoms with E-state index in [-0.39, 0.29) is 35.1 Å². The molecule has 0 fully saturated rings. The summed E-state index contributed by atoms with van der Waals surface area (Å²) in [4.78, 5) is 21.7. The summed E-state index contributed by atoms with van der Waals surface area (Å²) < 4.78 is 32.8. The van der Waals surface area contributed by atoms with Crippen LogP contribution in [-0.2, 0) is 19.7 Å². The predicted octanol–water partition coefficient (Wildman–Crippen LogP) is -3.40. The molecular formula is C10H6NNaO5S. The van der Waals surface area contributed by atoms with E-state index in [1.165, 1.54) is 12.1 Å². The molecule has 1 N–H and O–H groups in total. The van der Waals surface area contributed by atoms with Gasteiger partial charge in [-0.2, -0.15) is 0 Å². The average Bonchev–Trinajstić information content (AvgIpc) is 2.54. The fourth-order valence-corrected chi connectivity index (χ4v) is 2.28. The molecule has 0 bridgehead atoms. The van der Waals surface area contributed by atoms with Crippen LogP contribution in [-0.4, -0.2) is 24.8 Å². The topological polar surface area (TPSA) is 103 Å². The van der Waals surface area contributed by atoms with Crippen LogP contribution in [0.15, 0.2) is 35.2 Å². The Kier molecular flexibility index (Phi) is 4.46. The fourth-order valence-electron chi connectivity index (χ4n) is 1.54. The first-order chi connectivity index (χ1) is 7.91. The number of carbonyl (C=O) groups is 2. The average molecular weight is 275 g/mol. The van der Waals surface area contributed by atoms with E-state index in [9.17, 15) is 22.6 Å². The monoisotopic (exact) mass is 275 g/mol. The van der Waals surface area contributed by atoms with E-state index in [0.29, 0.717) is 0 Å². The summed E-state index contributed by atoms with van der Waals surface area (Å²) in [7, 11) is -4.99. The number of rotatable bonds is 2. The molecule has 1 heterocycles. The number of nitrogens with one attached hydrogen (secondary N) is 1. The standard InChI is InChI=1S/C10H7NO5S.Na/c12-9-7(6-4-2-1-3-5-6)8(10(13)11-9)17(14,15)16;/h1-5H,(H,11,12,13)(H,14,15,16);/q;+1/p-1. The molecule has 2 amide bonds. The molecule has 0 radical (unpaired) electrons. The van der Waals surface area contributed by atoms with E-state index in [2.05, 4.69) is 0 Å². The number of carbonyl (C=O) groups excluding carboxylic acids is 2. The Morgan fingerprint density at radius 1 is 1.00 bits per heavy atom. The van der Waals surface area contributed by atoms with Gasteiger partial charge in [-0.05, 0) is 5.56 Å². The van der Waals surface area contributed by atoms with Crippen LogP contribution in [0.5, 0.6) is 0 Å². The quantitative estimate of drug-likeness (QED) is 0.344. The van der Waals surface area contributed by atoms with E-state index in [1.54, 1.807) is 23.5 Å². The smallest absolute Gasteiger partial charge is 0.744 e. The van der Waals surface area contributed by atoms with Gasteiger partial charge in [-0.3, -0.25) is 14.9 Å². The van der Waals surface area contributed by atoms with Crippen LogP contribution in [0.25, 0.3) is 5.57 Å². The van der Waals surface area contributed by atoms with Crippen LogP contribution in [0.2, 0.25) is 0 Å². The minimum Gasteiger partial charge on any atom is -0.744 e. The Bertz CT molecular complexity index is 635. The molecule has 1 aliphatic heterocycles. The number of amides is 2. The largest absolute Gasteiger partial charge is 1.00 e. The molecule has 0 unspecified atom stereocenters. The summed E-state index contributed by atoms with van der Waals surface area (Å²) in [5.41, 5.74) is -0.184. The third-order valence-electron chi connectivity index (χ3n) is 2.20. The zero-order valence-electron chi connectivity index (χ0n) is 9.34. The molecule has 0 aliphatic carbocycles. The number of hydrogen-bond donors (Lipinski definition) is 1. The van der Waals surface area contributed by atoms with Gasteiger partial charge in [0.25, 0.3) is 11.8 Å². The molecule has 8 heteroatoms. The fraction of sp³-hybridized carbons (Fsp3) is 0. The van der Waals surface area contributed by atoms with Gasteiger partial charge in [0.1, 0.15) is 15.0 Å². The molecule has 18 heavy (non-hydrogen) atoms. The van der Waals surface area contributed by atoms with Crippen molar-refractivity contribution < 1.29 is 52.1 Å². The molecule has 0 atom stereocenters. The normalized spacial score (nSPS) is 15.4. The zero-order chi connectivity index (χ0) is 12.6. The van der Waals surface area contributed by atoms with Gasteiger partial charge in [0.15, 0.2) is 0 Å². The SMILES string of the molecule is O=C1NC(=O)C(S(=O)(=O)[O-])=C1c1ccccc1.[Na+]. The third kappa shape index (κ3) is 2.70. The van der Waals surface area contributed by atoms with Crippen molar-refractivity contribution in [1.29, 1.82) is 0 Å². The molecule has 0 aromatic heterocycles. The van der Waals surface area contributed by atoms with Crippen molar-refractivity contribution >= 4 is 27.5 Å². The summed E-state index contributed by atoms with van der Waals surface area (Å²) >= 11 is 0. The van der Waals surface area contributed by atoms with Crippen LogP contribution < -0.4 is 34.9 Å². The summed E-state index contributed by atoms with van der Waals surface area (Å²) in [5, 5.41) is 1.79. The van der Waals surface area contributed by atoms with E-state index in [0.717, 1.165) is 0 Å². The van der Waals surface area contributed by atoms with Crippen molar-refractivity contribution in [3.63, 3.8) is 0 Å². The van der Waals surface area contributed by atoms with Gasteiger partial charge in [-0.25, -0.2) is 8.42 Å². The maximum Gasteiger partial charge on any atom is 1.00 e. The molecule has 0 spiro atoms. The van der Waals surface area contributed by atoms with Gasteiger partial charge >= 0.3 is 29.6 Å². The van der Waals surface area contributed by atoms with E-state index >= 15 is 0 Å². The minimum absolute atomic E-state index is 0. The van der Waals surface area contributed by atoms with Gasteiger partial charge in [0.2, 0.25) is 0 Å². The van der Waals surface area contributed by atoms with Crippen LogP contribution >= 0.6 is 0 Å². The van der Waals surface area contributed by atoms with Crippen LogP contribution in [0.3, 0.4) is 0 Å². The molecule has 0 saturated heterocycles. The molecule has 6 nitrogen and oxygen atoms in total. The van der Waals surface area contributed by atoms with Gasteiger partial charge in [-0.15, -0.1) is 0 Å². The predicted molar refractivity (Wildman–Crippen MR) is 56.2 cm³/mol. The molecule has 88 valence electrons. The first kappa shape index (κ1) is 15.1. The van der Waals surface area contributed by atoms with Crippen LogP contribution in [0.4, 0.5) is 0 Å². The molecule has 0 saturated carbocycles. The number of imide groups is 1. The summed E-state index contributed by atoms with van der Waals surface area (Å²) in [6, 6.07) is 7.67. The van der Waals surface area contributed by atoms with Gasteiger partial charge in [-0.1, -0.05) is 30.3 Å². The molecular weight excluding hydrogens is 269 g/mol. The second kappa shape index (κ2) is 5.33.